The molecule has 94 valence electrons. The van der Waals surface area contributed by atoms with Gasteiger partial charge >= 0.3 is 0 Å². The van der Waals surface area contributed by atoms with Crippen molar-refractivity contribution in [1.29, 1.82) is 0 Å². The number of aryl methyl sites for hydroxylation is 3. The molecule has 0 unspecified atom stereocenters. The van der Waals surface area contributed by atoms with Crippen molar-refractivity contribution >= 4 is 21.7 Å². The van der Waals surface area contributed by atoms with Gasteiger partial charge in [0.25, 0.3) is 0 Å². The molecule has 0 aliphatic carbocycles. The number of carbonyl (C=O) groups is 1. The number of rotatable bonds is 3. The largest absolute Gasteiger partial charge is 0.292 e. The Labute approximate surface area is 114 Å². The number of carbonyl (C=O) groups excluding carboxylic acids is 1. The highest BCUT2D eigenvalue weighted by atomic mass is 79.9. The molecule has 0 aliphatic heterocycles. The molecule has 2 rings (SSSR count). The highest BCUT2D eigenvalue weighted by molar-refractivity contribution is 9.10. The topological polar surface area (TPSA) is 47.8 Å². The molecule has 0 radical (unpaired) electrons. The van der Waals surface area contributed by atoms with Crippen molar-refractivity contribution in [1.82, 2.24) is 15.0 Å². The van der Waals surface area contributed by atoms with Gasteiger partial charge in [-0.25, -0.2) is 4.68 Å². The quantitative estimate of drug-likeness (QED) is 0.819. The van der Waals surface area contributed by atoms with Crippen LogP contribution in [0.3, 0.4) is 0 Å². The first kappa shape index (κ1) is 13.0. The monoisotopic (exact) mass is 307 g/mol. The molecular formula is C13H14BrN3O. The third-order valence-electron chi connectivity index (χ3n) is 2.99. The van der Waals surface area contributed by atoms with Crippen LogP contribution < -0.4 is 0 Å². The molecule has 0 N–H and O–H groups in total. The standard InChI is InChI=1S/C13H14BrN3O/c1-8-4-5-10(6-9(8)2)7-11(18)12-13(14)15-16-17(12)3/h4-6H,7H2,1-3H3. The summed E-state index contributed by atoms with van der Waals surface area (Å²) in [6.45, 7) is 4.10. The average Bonchev–Trinajstić information content (AvgIpc) is 2.64. The summed E-state index contributed by atoms with van der Waals surface area (Å²) >= 11 is 3.24. The van der Waals surface area contributed by atoms with Crippen LogP contribution in [0.1, 0.15) is 27.2 Å². The number of hydrogen-bond donors (Lipinski definition) is 0. The maximum Gasteiger partial charge on any atom is 0.188 e. The van der Waals surface area contributed by atoms with Gasteiger partial charge in [0.1, 0.15) is 5.69 Å². The molecule has 18 heavy (non-hydrogen) atoms. The molecule has 0 fully saturated rings. The minimum Gasteiger partial charge on any atom is -0.292 e. The van der Waals surface area contributed by atoms with Crippen LogP contribution in [0.15, 0.2) is 22.8 Å². The van der Waals surface area contributed by atoms with E-state index < -0.39 is 0 Å². The van der Waals surface area contributed by atoms with Gasteiger partial charge in [-0.15, -0.1) is 5.10 Å². The summed E-state index contributed by atoms with van der Waals surface area (Å²) in [5, 5.41) is 7.63. The van der Waals surface area contributed by atoms with Crippen molar-refractivity contribution in [2.45, 2.75) is 20.3 Å². The zero-order valence-corrected chi connectivity index (χ0v) is 12.2. The van der Waals surface area contributed by atoms with E-state index in [4.69, 9.17) is 0 Å². The van der Waals surface area contributed by atoms with E-state index in [2.05, 4.69) is 33.2 Å². The zero-order valence-electron chi connectivity index (χ0n) is 10.6. The van der Waals surface area contributed by atoms with Crippen LogP contribution in [0.25, 0.3) is 0 Å². The minimum atomic E-state index is 0.0117. The molecule has 0 aliphatic rings. The van der Waals surface area contributed by atoms with Crippen LogP contribution in [0.2, 0.25) is 0 Å². The van der Waals surface area contributed by atoms with E-state index in [1.54, 1.807) is 7.05 Å². The van der Waals surface area contributed by atoms with E-state index >= 15 is 0 Å². The molecule has 0 saturated heterocycles. The molecule has 2 aromatic rings. The zero-order chi connectivity index (χ0) is 13.3. The molecule has 0 spiro atoms. The van der Waals surface area contributed by atoms with Gasteiger partial charge in [0, 0.05) is 13.5 Å². The third-order valence-corrected chi connectivity index (χ3v) is 3.52. The lowest BCUT2D eigenvalue weighted by Crippen LogP contribution is -2.10. The first-order chi connectivity index (χ1) is 8.49. The van der Waals surface area contributed by atoms with E-state index in [0.717, 1.165) is 5.56 Å². The molecular weight excluding hydrogens is 294 g/mol. The first-order valence-corrected chi connectivity index (χ1v) is 6.43. The van der Waals surface area contributed by atoms with Gasteiger partial charge in [-0.2, -0.15) is 0 Å². The predicted octanol–water partition coefficient (Wildman–Crippen LogP) is 2.62. The second kappa shape index (κ2) is 5.02. The van der Waals surface area contributed by atoms with E-state index in [1.807, 2.05) is 25.1 Å². The number of benzene rings is 1. The predicted molar refractivity (Wildman–Crippen MR) is 72.7 cm³/mol. The van der Waals surface area contributed by atoms with Gasteiger partial charge in [0.2, 0.25) is 0 Å². The molecule has 0 bridgehead atoms. The molecule has 4 nitrogen and oxygen atoms in total. The van der Waals surface area contributed by atoms with Gasteiger partial charge in [0.05, 0.1) is 0 Å². The van der Waals surface area contributed by atoms with E-state index in [-0.39, 0.29) is 5.78 Å². The van der Waals surface area contributed by atoms with Crippen LogP contribution in [-0.4, -0.2) is 20.8 Å². The van der Waals surface area contributed by atoms with E-state index in [0.29, 0.717) is 16.7 Å². The summed E-state index contributed by atoms with van der Waals surface area (Å²) in [4.78, 5) is 12.2. The van der Waals surface area contributed by atoms with Gasteiger partial charge in [-0.3, -0.25) is 4.79 Å². The number of Topliss-reactive ketones (excluding diaryl/α,β-unsaturated/α-hetero) is 1. The number of aromatic nitrogens is 3. The van der Waals surface area contributed by atoms with Crippen LogP contribution >= 0.6 is 15.9 Å². The number of ketones is 1. The Morgan fingerprint density at radius 3 is 2.61 bits per heavy atom. The summed E-state index contributed by atoms with van der Waals surface area (Å²) in [6.07, 6.45) is 0.362. The Kier molecular flexibility index (Phi) is 3.61. The SMILES string of the molecule is Cc1ccc(CC(=O)c2c(Br)nnn2C)cc1C. The Bertz CT molecular complexity index is 585. The van der Waals surface area contributed by atoms with E-state index in [1.165, 1.54) is 15.8 Å². The van der Waals surface area contributed by atoms with Crippen molar-refractivity contribution in [3.05, 3.63) is 45.2 Å². The Balaban J connectivity index is 2.24. The lowest BCUT2D eigenvalue weighted by Gasteiger charge is -2.05. The molecule has 1 aromatic carbocycles. The van der Waals surface area contributed by atoms with Crippen LogP contribution in [0, 0.1) is 13.8 Å². The summed E-state index contributed by atoms with van der Waals surface area (Å²) < 4.78 is 1.99. The van der Waals surface area contributed by atoms with Crippen molar-refractivity contribution in [3.8, 4) is 0 Å². The van der Waals surface area contributed by atoms with Crippen LogP contribution in [0.5, 0.6) is 0 Å². The second-order valence-corrected chi connectivity index (χ2v) is 5.12. The van der Waals surface area contributed by atoms with E-state index in [9.17, 15) is 4.79 Å². The summed E-state index contributed by atoms with van der Waals surface area (Å²) in [7, 11) is 1.71. The van der Waals surface area contributed by atoms with Crippen molar-refractivity contribution in [2.75, 3.05) is 0 Å². The number of halogens is 1. The van der Waals surface area contributed by atoms with Crippen LogP contribution in [0.4, 0.5) is 0 Å². The van der Waals surface area contributed by atoms with Crippen molar-refractivity contribution in [3.63, 3.8) is 0 Å². The lowest BCUT2D eigenvalue weighted by atomic mass is 10.0. The van der Waals surface area contributed by atoms with Crippen molar-refractivity contribution in [2.24, 2.45) is 7.05 Å². The number of nitrogens with zero attached hydrogens (tertiary/aromatic N) is 3. The molecule has 1 heterocycles. The molecule has 0 amide bonds. The fraction of sp³-hybridized carbons (Fsp3) is 0.308. The van der Waals surface area contributed by atoms with Gasteiger partial charge < -0.3 is 0 Å². The third kappa shape index (κ3) is 2.51. The lowest BCUT2D eigenvalue weighted by molar-refractivity contribution is 0.0983. The maximum absolute atomic E-state index is 12.2. The molecule has 5 heteroatoms. The maximum atomic E-state index is 12.2. The summed E-state index contributed by atoms with van der Waals surface area (Å²) in [6, 6.07) is 6.07. The fourth-order valence-corrected chi connectivity index (χ4v) is 2.36. The fourth-order valence-electron chi connectivity index (χ4n) is 1.81. The number of hydrogen-bond acceptors (Lipinski definition) is 3. The molecule has 1 aromatic heterocycles. The Hall–Kier alpha value is -1.49. The van der Waals surface area contributed by atoms with Crippen LogP contribution in [-0.2, 0) is 13.5 Å². The Morgan fingerprint density at radius 1 is 1.33 bits per heavy atom. The van der Waals surface area contributed by atoms with Gasteiger partial charge in [-0.1, -0.05) is 23.4 Å². The smallest absolute Gasteiger partial charge is 0.188 e. The van der Waals surface area contributed by atoms with Gasteiger partial charge in [-0.05, 0) is 46.5 Å². The molecule has 0 saturated carbocycles. The minimum absolute atomic E-state index is 0.0117. The normalized spacial score (nSPS) is 10.7. The average molecular weight is 308 g/mol. The van der Waals surface area contributed by atoms with Gasteiger partial charge in [0.15, 0.2) is 10.4 Å². The highest BCUT2D eigenvalue weighted by Crippen LogP contribution is 2.16. The summed E-state index contributed by atoms with van der Waals surface area (Å²) in [5.74, 6) is 0.0117. The van der Waals surface area contributed by atoms with Crippen molar-refractivity contribution < 1.29 is 4.79 Å². The second-order valence-electron chi connectivity index (χ2n) is 4.37. The highest BCUT2D eigenvalue weighted by Gasteiger charge is 2.17. The first-order valence-electron chi connectivity index (χ1n) is 5.63. The molecule has 0 atom stereocenters. The summed E-state index contributed by atoms with van der Waals surface area (Å²) in [5.41, 5.74) is 3.95. The Morgan fingerprint density at radius 2 is 2.06 bits per heavy atom.